The molecule has 0 bridgehead atoms. The second-order valence-corrected chi connectivity index (χ2v) is 38.8. The highest BCUT2D eigenvalue weighted by atomic mass is 32.2. The molecule has 6 aromatic carbocycles. The molecular formula is C75H84N10O14S8. The SMILES string of the molecule is Cc1nc(C)c(-c2cc(N3CCOCC3)cc(S(=O)(=O)C3CCOC3)c2)s1.Cc1ncc(-c2cc(N3CCOCC3)cc(S(=O)(=O)C3CCOC3)c2)s1.Cc1nnc(-c2cc(N3CCOCC3)cc(S(=O)(=O)c3ccccc3)c2)s1.Cc1nsc(-c2cc(N3CCOCC3)cc(S(=O)(=O)c3ccccc3)c2)n1. The van der Waals surface area contributed by atoms with Gasteiger partial charge in [-0.2, -0.15) is 4.37 Å². The average molecular weight is 1610 g/mol. The molecule has 6 fully saturated rings. The monoisotopic (exact) mass is 1600 g/mol. The minimum atomic E-state index is -3.63. The first-order valence-corrected chi connectivity index (χ1v) is 44.5. The second kappa shape index (κ2) is 34.6. The fraction of sp³-hybridized carbons (Fsp3) is 0.387. The van der Waals surface area contributed by atoms with Crippen LogP contribution in [0.1, 0.15) is 39.4 Å². The molecule has 6 aliphatic rings. The summed E-state index contributed by atoms with van der Waals surface area (Å²) in [5.41, 5.74) is 7.85. The van der Waals surface area contributed by atoms with Gasteiger partial charge in [-0.25, -0.2) is 48.6 Å². The van der Waals surface area contributed by atoms with E-state index in [1.54, 1.807) is 126 Å². The lowest BCUT2D eigenvalue weighted by atomic mass is 10.1. The van der Waals surface area contributed by atoms with Gasteiger partial charge < -0.3 is 48.0 Å². The molecule has 10 heterocycles. The number of morpholine rings is 4. The molecule has 2 atom stereocenters. The number of aromatic nitrogens is 6. The van der Waals surface area contributed by atoms with Crippen LogP contribution in [0.25, 0.3) is 42.0 Å². The van der Waals surface area contributed by atoms with Crippen molar-refractivity contribution in [3.63, 3.8) is 0 Å². The van der Waals surface area contributed by atoms with Gasteiger partial charge in [-0.05, 0) is 167 Å². The third-order valence-electron chi connectivity index (χ3n) is 18.7. The van der Waals surface area contributed by atoms with E-state index >= 15 is 0 Å². The van der Waals surface area contributed by atoms with Gasteiger partial charge in [-0.15, -0.1) is 32.9 Å². The summed E-state index contributed by atoms with van der Waals surface area (Å²) in [7, 11) is -14.1. The Hall–Kier alpha value is -7.54. The first-order chi connectivity index (χ1) is 51.6. The molecule has 6 saturated heterocycles. The van der Waals surface area contributed by atoms with Crippen LogP contribution in [0.5, 0.6) is 0 Å². The predicted octanol–water partition coefficient (Wildman–Crippen LogP) is 11.7. The lowest BCUT2D eigenvalue weighted by Gasteiger charge is -2.29. The van der Waals surface area contributed by atoms with Gasteiger partial charge in [0, 0.05) is 106 Å². The molecule has 0 spiro atoms. The van der Waals surface area contributed by atoms with E-state index in [4.69, 9.17) is 28.4 Å². The fourth-order valence-corrected chi connectivity index (χ4v) is 22.0. The first kappa shape index (κ1) is 77.6. The number of benzene rings is 6. The maximum atomic E-state index is 13.2. The van der Waals surface area contributed by atoms with Crippen molar-refractivity contribution in [1.82, 2.24) is 29.5 Å². The van der Waals surface area contributed by atoms with Gasteiger partial charge in [0.25, 0.3) is 0 Å². The van der Waals surface area contributed by atoms with E-state index in [9.17, 15) is 33.7 Å². The van der Waals surface area contributed by atoms with Crippen molar-refractivity contribution in [2.75, 3.05) is 151 Å². The molecule has 0 radical (unpaired) electrons. The van der Waals surface area contributed by atoms with Crippen LogP contribution in [0.2, 0.25) is 0 Å². The minimum absolute atomic E-state index is 0.264. The molecule has 0 amide bonds. The van der Waals surface area contributed by atoms with Crippen LogP contribution in [0.3, 0.4) is 0 Å². The van der Waals surface area contributed by atoms with Crippen molar-refractivity contribution in [3.05, 3.63) is 166 Å². The Morgan fingerprint density at radius 1 is 0.383 bits per heavy atom. The normalized spacial score (nSPS) is 18.1. The van der Waals surface area contributed by atoms with Gasteiger partial charge in [-0.1, -0.05) is 47.7 Å². The summed E-state index contributed by atoms with van der Waals surface area (Å²) < 4.78 is 142. The summed E-state index contributed by atoms with van der Waals surface area (Å²) in [6, 6.07) is 39.1. The molecule has 32 heteroatoms. The summed E-state index contributed by atoms with van der Waals surface area (Å²) in [5.74, 6) is 0.680. The summed E-state index contributed by atoms with van der Waals surface area (Å²) >= 11 is 5.90. The second-order valence-electron chi connectivity index (χ2n) is 26.1. The van der Waals surface area contributed by atoms with E-state index in [1.165, 1.54) is 22.9 Å². The molecule has 24 nitrogen and oxygen atoms in total. The number of hydrogen-bond donors (Lipinski definition) is 0. The molecule has 6 aliphatic heterocycles. The fourth-order valence-electron chi connectivity index (χ4n) is 13.0. The van der Waals surface area contributed by atoms with Gasteiger partial charge in [0.2, 0.25) is 19.7 Å². The van der Waals surface area contributed by atoms with Crippen molar-refractivity contribution in [3.8, 4) is 42.0 Å². The molecule has 10 aromatic rings. The number of ether oxygens (including phenoxy) is 6. The van der Waals surface area contributed by atoms with E-state index in [2.05, 4.69) is 61.3 Å². The lowest BCUT2D eigenvalue weighted by Crippen LogP contribution is -2.36. The van der Waals surface area contributed by atoms with Gasteiger partial charge in [-0.3, -0.25) is 0 Å². The topological polar surface area (TPSA) is 282 Å². The van der Waals surface area contributed by atoms with Crippen LogP contribution in [0, 0.1) is 34.6 Å². The van der Waals surface area contributed by atoms with Crippen molar-refractivity contribution in [1.29, 1.82) is 0 Å². The summed E-state index contributed by atoms with van der Waals surface area (Å²) in [6.07, 6.45) is 2.92. The first-order valence-electron chi connectivity index (χ1n) is 35.2. The van der Waals surface area contributed by atoms with Crippen molar-refractivity contribution >= 4 is 108 Å². The zero-order valence-electron chi connectivity index (χ0n) is 59.9. The molecule has 0 aliphatic carbocycles. The van der Waals surface area contributed by atoms with Gasteiger partial charge in [0.1, 0.15) is 20.8 Å². The van der Waals surface area contributed by atoms with Gasteiger partial charge in [0.05, 0.1) is 131 Å². The highest BCUT2D eigenvalue weighted by Crippen LogP contribution is 2.40. The largest absolute Gasteiger partial charge is 0.380 e. The number of rotatable bonds is 16. The van der Waals surface area contributed by atoms with Crippen LogP contribution in [0.15, 0.2) is 169 Å². The number of hydrogen-bond acceptors (Lipinski definition) is 28. The lowest BCUT2D eigenvalue weighted by molar-refractivity contribution is 0.122. The molecule has 107 heavy (non-hydrogen) atoms. The van der Waals surface area contributed by atoms with E-state index in [1.807, 2.05) is 59.0 Å². The van der Waals surface area contributed by atoms with Crippen molar-refractivity contribution in [2.45, 2.75) is 87.3 Å². The van der Waals surface area contributed by atoms with E-state index in [0.717, 1.165) is 128 Å². The van der Waals surface area contributed by atoms with Crippen LogP contribution < -0.4 is 19.6 Å². The average Bonchev–Trinajstić information content (AvgIpc) is 1.70. The molecule has 16 rings (SSSR count). The Labute approximate surface area is 641 Å². The van der Waals surface area contributed by atoms with Crippen LogP contribution in [-0.2, 0) is 67.8 Å². The number of aryl methyl sites for hydroxylation is 5. The molecule has 0 N–H and O–H groups in total. The zero-order valence-corrected chi connectivity index (χ0v) is 66.5. The Morgan fingerprint density at radius 3 is 1.17 bits per heavy atom. The predicted molar refractivity (Wildman–Crippen MR) is 418 cm³/mol. The van der Waals surface area contributed by atoms with Gasteiger partial charge in [0.15, 0.2) is 19.7 Å². The number of nitrogens with zero attached hydrogens (tertiary/aromatic N) is 10. The highest BCUT2D eigenvalue weighted by molar-refractivity contribution is 7.92. The highest BCUT2D eigenvalue weighted by Gasteiger charge is 2.35. The number of thiazole rings is 2. The summed E-state index contributed by atoms with van der Waals surface area (Å²) in [4.78, 5) is 25.8. The number of sulfone groups is 4. The zero-order chi connectivity index (χ0) is 74.9. The molecule has 566 valence electrons. The van der Waals surface area contributed by atoms with Crippen molar-refractivity contribution < 1.29 is 62.1 Å². The van der Waals surface area contributed by atoms with E-state index in [-0.39, 0.29) is 32.8 Å². The van der Waals surface area contributed by atoms with Crippen LogP contribution in [-0.4, -0.2) is 205 Å². The molecule has 2 unspecified atom stereocenters. The summed E-state index contributed by atoms with van der Waals surface area (Å²) in [6.45, 7) is 22.2. The summed E-state index contributed by atoms with van der Waals surface area (Å²) in [5, 5.41) is 11.6. The van der Waals surface area contributed by atoms with Gasteiger partial charge >= 0.3 is 0 Å². The maximum absolute atomic E-state index is 13.2. The Balaban J connectivity index is 0.000000126. The van der Waals surface area contributed by atoms with Crippen LogP contribution >= 0.6 is 45.5 Å². The number of anilines is 4. The third-order valence-corrected chi connectivity index (χ3v) is 30.3. The van der Waals surface area contributed by atoms with Crippen LogP contribution in [0.4, 0.5) is 22.7 Å². The Morgan fingerprint density at radius 2 is 0.794 bits per heavy atom. The standard InChI is InChI=1S/2C19H19N3O3S2.C19H24N2O4S2.C18H22N2O4S2/c1-14-20-21-19(26-14)15-11-16(22-7-9-25-10-8-22)13-18(12-15)27(23,24)17-5-3-2-4-6-17;1-14-20-19(26-21-14)15-11-16(22-7-9-25-10-8-22)13-18(12-15)27(23,24)17-5-3-2-4-6-17;1-13-19(26-14(2)20-13)15-9-16(21-4-7-24-8-5-21)11-18(10-15)27(22,23)17-3-6-25-12-17;1-13-19-11-18(25-13)14-8-15(20-3-6-23-7-4-20)10-17(9-14)26(21,22)16-2-5-24-12-16/h2*2-6,11-13H,7-10H2,1H3;9-11,17H,3-8,12H2,1-2H3;8-11,16H,2-7,12H2,1H3. The molecular weight excluding hydrogens is 1520 g/mol. The third kappa shape index (κ3) is 18.7. The quantitative estimate of drug-likeness (QED) is 0.0868. The Bertz CT molecular complexity index is 5010. The maximum Gasteiger partial charge on any atom is 0.206 e. The van der Waals surface area contributed by atoms with E-state index < -0.39 is 49.8 Å². The van der Waals surface area contributed by atoms with E-state index in [0.29, 0.717) is 105 Å². The Kier molecular flexibility index (Phi) is 25.1. The van der Waals surface area contributed by atoms with Crippen molar-refractivity contribution in [2.24, 2.45) is 0 Å². The molecule has 4 aromatic heterocycles. The molecule has 0 saturated carbocycles. The smallest absolute Gasteiger partial charge is 0.206 e. The minimum Gasteiger partial charge on any atom is -0.380 e.